The van der Waals surface area contributed by atoms with Gasteiger partial charge < -0.3 is 14.8 Å². The van der Waals surface area contributed by atoms with Gasteiger partial charge in [-0.1, -0.05) is 6.07 Å². The summed E-state index contributed by atoms with van der Waals surface area (Å²) in [6.45, 7) is 2.79. The van der Waals surface area contributed by atoms with E-state index in [1.54, 1.807) is 18.6 Å². The third-order valence-electron chi connectivity index (χ3n) is 2.53. The van der Waals surface area contributed by atoms with Crippen molar-refractivity contribution < 1.29 is 14.3 Å². The van der Waals surface area contributed by atoms with Gasteiger partial charge in [0.05, 0.1) is 7.11 Å². The van der Waals surface area contributed by atoms with E-state index in [9.17, 15) is 4.79 Å². The molecule has 0 atom stereocenters. The van der Waals surface area contributed by atoms with Gasteiger partial charge >= 0.3 is 0 Å². The summed E-state index contributed by atoms with van der Waals surface area (Å²) in [6, 6.07) is 7.36. The summed E-state index contributed by atoms with van der Waals surface area (Å²) in [5.74, 6) is 1.29. The number of rotatable bonds is 6. The number of hydrogen-bond acceptors (Lipinski definition) is 5. The molecule has 0 radical (unpaired) electrons. The van der Waals surface area contributed by atoms with Gasteiger partial charge in [0.25, 0.3) is 5.91 Å². The van der Waals surface area contributed by atoms with Gasteiger partial charge in [0.2, 0.25) is 0 Å². The van der Waals surface area contributed by atoms with Crippen molar-refractivity contribution in [2.45, 2.75) is 13.5 Å². The van der Waals surface area contributed by atoms with Gasteiger partial charge in [0.1, 0.15) is 28.8 Å². The second kappa shape index (κ2) is 6.91. The quantitative estimate of drug-likeness (QED) is 0.888. The Morgan fingerprint density at radius 2 is 2.20 bits per heavy atom. The van der Waals surface area contributed by atoms with E-state index in [-0.39, 0.29) is 5.91 Å². The molecule has 2 rings (SSSR count). The molecule has 20 heavy (non-hydrogen) atoms. The van der Waals surface area contributed by atoms with Crippen molar-refractivity contribution >= 4 is 17.2 Å². The molecule has 106 valence electrons. The van der Waals surface area contributed by atoms with E-state index in [4.69, 9.17) is 9.47 Å². The fraction of sp³-hybridized carbons (Fsp3) is 0.286. The highest BCUT2D eigenvalue weighted by molar-refractivity contribution is 7.09. The summed E-state index contributed by atoms with van der Waals surface area (Å²) in [5.41, 5.74) is 0.432. The monoisotopic (exact) mass is 292 g/mol. The Bertz CT molecular complexity index is 583. The molecular formula is C14H16N2O3S. The highest BCUT2D eigenvalue weighted by atomic mass is 32.1. The average Bonchev–Trinajstić information content (AvgIpc) is 2.94. The number of carbonyl (C=O) groups is 1. The standard InChI is InChI=1S/C14H16N2O3S/c1-3-15-14(17)12-9-20-13(16-12)8-19-11-6-4-5-10(7-11)18-2/h4-7,9H,3,8H2,1-2H3,(H,15,17). The zero-order valence-electron chi connectivity index (χ0n) is 11.4. The average molecular weight is 292 g/mol. The number of ether oxygens (including phenoxy) is 2. The number of nitrogens with zero attached hydrogens (tertiary/aromatic N) is 1. The van der Waals surface area contributed by atoms with Crippen LogP contribution < -0.4 is 14.8 Å². The zero-order valence-corrected chi connectivity index (χ0v) is 12.2. The van der Waals surface area contributed by atoms with E-state index in [0.717, 1.165) is 10.8 Å². The second-order valence-electron chi connectivity index (χ2n) is 3.95. The molecule has 1 heterocycles. The number of nitrogens with one attached hydrogen (secondary N) is 1. The summed E-state index contributed by atoms with van der Waals surface area (Å²) in [6.07, 6.45) is 0. The zero-order chi connectivity index (χ0) is 14.4. The van der Waals surface area contributed by atoms with Gasteiger partial charge in [-0.05, 0) is 19.1 Å². The first kappa shape index (κ1) is 14.3. The summed E-state index contributed by atoms with van der Waals surface area (Å²) in [7, 11) is 1.61. The summed E-state index contributed by atoms with van der Waals surface area (Å²) < 4.78 is 10.7. The van der Waals surface area contributed by atoms with E-state index < -0.39 is 0 Å². The second-order valence-corrected chi connectivity index (χ2v) is 4.90. The van der Waals surface area contributed by atoms with E-state index in [2.05, 4.69) is 10.3 Å². The van der Waals surface area contributed by atoms with E-state index in [1.807, 2.05) is 25.1 Å². The van der Waals surface area contributed by atoms with Gasteiger partial charge in [-0.15, -0.1) is 11.3 Å². The topological polar surface area (TPSA) is 60.5 Å². The molecule has 0 fully saturated rings. The van der Waals surface area contributed by atoms with Gasteiger partial charge in [-0.2, -0.15) is 0 Å². The molecule has 1 amide bonds. The van der Waals surface area contributed by atoms with Crippen molar-refractivity contribution in [2.24, 2.45) is 0 Å². The summed E-state index contributed by atoms with van der Waals surface area (Å²) in [4.78, 5) is 15.8. The lowest BCUT2D eigenvalue weighted by Crippen LogP contribution is -2.22. The Morgan fingerprint density at radius 1 is 1.40 bits per heavy atom. The van der Waals surface area contributed by atoms with Crippen molar-refractivity contribution in [3.8, 4) is 11.5 Å². The predicted molar refractivity (Wildman–Crippen MR) is 77.4 cm³/mol. The number of benzene rings is 1. The van der Waals surface area contributed by atoms with Crippen molar-refractivity contribution in [1.82, 2.24) is 10.3 Å². The molecule has 0 saturated carbocycles. The molecule has 0 aliphatic rings. The predicted octanol–water partition coefficient (Wildman–Crippen LogP) is 2.48. The molecule has 0 saturated heterocycles. The van der Waals surface area contributed by atoms with Crippen LogP contribution in [0.25, 0.3) is 0 Å². The number of carbonyl (C=O) groups excluding carboxylic acids is 1. The smallest absolute Gasteiger partial charge is 0.270 e. The highest BCUT2D eigenvalue weighted by Gasteiger charge is 2.10. The maximum Gasteiger partial charge on any atom is 0.270 e. The van der Waals surface area contributed by atoms with Gasteiger partial charge in [0, 0.05) is 18.0 Å². The molecule has 0 bridgehead atoms. The summed E-state index contributed by atoms with van der Waals surface area (Å²) >= 11 is 1.40. The van der Waals surface area contributed by atoms with Crippen LogP contribution in [0.4, 0.5) is 0 Å². The van der Waals surface area contributed by atoms with Crippen LogP contribution in [-0.4, -0.2) is 24.5 Å². The van der Waals surface area contributed by atoms with Crippen molar-refractivity contribution in [1.29, 1.82) is 0 Å². The molecule has 0 unspecified atom stereocenters. The summed E-state index contributed by atoms with van der Waals surface area (Å²) in [5, 5.41) is 5.20. The molecule has 5 nitrogen and oxygen atoms in total. The molecule has 0 aliphatic heterocycles. The first-order valence-corrected chi connectivity index (χ1v) is 7.10. The number of aromatic nitrogens is 1. The Kier molecular flexibility index (Phi) is 4.95. The third-order valence-corrected chi connectivity index (χ3v) is 3.35. The molecule has 2 aromatic rings. The van der Waals surface area contributed by atoms with Crippen LogP contribution in [-0.2, 0) is 6.61 Å². The van der Waals surface area contributed by atoms with Gasteiger partial charge in [0.15, 0.2) is 0 Å². The van der Waals surface area contributed by atoms with Crippen molar-refractivity contribution in [3.05, 3.63) is 40.3 Å². The Morgan fingerprint density at radius 3 is 2.95 bits per heavy atom. The fourth-order valence-corrected chi connectivity index (χ4v) is 2.25. The lowest BCUT2D eigenvalue weighted by Gasteiger charge is -2.05. The largest absolute Gasteiger partial charge is 0.497 e. The molecule has 1 N–H and O–H groups in total. The number of hydrogen-bond donors (Lipinski definition) is 1. The Balaban J connectivity index is 1.95. The highest BCUT2D eigenvalue weighted by Crippen LogP contribution is 2.20. The van der Waals surface area contributed by atoms with E-state index in [0.29, 0.717) is 24.6 Å². The third kappa shape index (κ3) is 3.71. The van der Waals surface area contributed by atoms with Crippen LogP contribution in [0, 0.1) is 0 Å². The van der Waals surface area contributed by atoms with Crippen molar-refractivity contribution in [3.63, 3.8) is 0 Å². The van der Waals surface area contributed by atoms with Crippen LogP contribution in [0.3, 0.4) is 0 Å². The van der Waals surface area contributed by atoms with Crippen LogP contribution in [0.15, 0.2) is 29.6 Å². The molecule has 6 heteroatoms. The minimum absolute atomic E-state index is 0.156. The van der Waals surface area contributed by atoms with Gasteiger partial charge in [-0.3, -0.25) is 4.79 Å². The lowest BCUT2D eigenvalue weighted by molar-refractivity contribution is 0.0951. The number of amides is 1. The number of methoxy groups -OCH3 is 1. The SMILES string of the molecule is CCNC(=O)c1csc(COc2cccc(OC)c2)n1. The molecular weight excluding hydrogens is 276 g/mol. The first-order valence-electron chi connectivity index (χ1n) is 6.22. The maximum atomic E-state index is 11.6. The van der Waals surface area contributed by atoms with Crippen LogP contribution in [0.5, 0.6) is 11.5 Å². The molecule has 1 aromatic carbocycles. The maximum absolute atomic E-state index is 11.6. The minimum Gasteiger partial charge on any atom is -0.497 e. The van der Waals surface area contributed by atoms with Crippen LogP contribution in [0.1, 0.15) is 22.4 Å². The van der Waals surface area contributed by atoms with Crippen LogP contribution in [0.2, 0.25) is 0 Å². The molecule has 0 spiro atoms. The normalized spacial score (nSPS) is 10.1. The van der Waals surface area contributed by atoms with Gasteiger partial charge in [-0.25, -0.2) is 4.98 Å². The Hall–Kier alpha value is -2.08. The Labute approximate surface area is 121 Å². The fourth-order valence-electron chi connectivity index (χ4n) is 1.57. The lowest BCUT2D eigenvalue weighted by atomic mass is 10.3. The number of thiazole rings is 1. The minimum atomic E-state index is -0.156. The van der Waals surface area contributed by atoms with Crippen molar-refractivity contribution in [2.75, 3.05) is 13.7 Å². The van der Waals surface area contributed by atoms with E-state index in [1.165, 1.54) is 11.3 Å². The first-order chi connectivity index (χ1) is 9.72. The molecule has 0 aliphatic carbocycles. The molecule has 1 aromatic heterocycles. The van der Waals surface area contributed by atoms with E-state index >= 15 is 0 Å². The van der Waals surface area contributed by atoms with Crippen LogP contribution >= 0.6 is 11.3 Å².